The second-order valence-electron chi connectivity index (χ2n) is 12.5. The summed E-state index contributed by atoms with van der Waals surface area (Å²) in [6.45, 7) is 4.41. The van der Waals surface area contributed by atoms with Crippen molar-refractivity contribution in [3.8, 4) is 0 Å². The highest BCUT2D eigenvalue weighted by Crippen LogP contribution is 2.11. The number of ether oxygens (including phenoxy) is 3. The molecule has 0 amide bonds. The molecule has 0 aliphatic heterocycles. The van der Waals surface area contributed by atoms with E-state index in [-0.39, 0.29) is 42.7 Å². The number of likely N-dealkylation sites (N-methyl/N-ethyl adjacent to an activating group) is 1. The van der Waals surface area contributed by atoms with Crippen LogP contribution in [0.2, 0.25) is 0 Å². The van der Waals surface area contributed by atoms with Crippen molar-refractivity contribution >= 4 is 17.9 Å². The maximum absolute atomic E-state index is 12.5. The maximum atomic E-state index is 12.5. The SMILES string of the molecule is CC/C=C/C=C/C=C/C=C/C=C/CCCCCC(=O)OCC(COCCC(C(=O)O)[N+](C)(C)C)OC(=O)CC/C=C/CCCCCC. The van der Waals surface area contributed by atoms with Gasteiger partial charge in [0.1, 0.15) is 6.61 Å². The van der Waals surface area contributed by atoms with Crippen molar-refractivity contribution in [2.24, 2.45) is 0 Å². The van der Waals surface area contributed by atoms with E-state index >= 15 is 0 Å². The van der Waals surface area contributed by atoms with Gasteiger partial charge in [-0.2, -0.15) is 0 Å². The molecule has 47 heavy (non-hydrogen) atoms. The van der Waals surface area contributed by atoms with Crippen LogP contribution >= 0.6 is 0 Å². The molecule has 0 aromatic carbocycles. The molecule has 1 N–H and O–H groups in total. The number of quaternary nitrogens is 1. The van der Waals surface area contributed by atoms with Crippen molar-refractivity contribution in [2.45, 2.75) is 116 Å². The summed E-state index contributed by atoms with van der Waals surface area (Å²) in [5, 5.41) is 9.55. The Morgan fingerprint density at radius 3 is 1.87 bits per heavy atom. The quantitative estimate of drug-likeness (QED) is 0.0283. The van der Waals surface area contributed by atoms with E-state index in [2.05, 4.69) is 32.1 Å². The average molecular weight is 659 g/mol. The maximum Gasteiger partial charge on any atom is 0.362 e. The second-order valence-corrected chi connectivity index (χ2v) is 12.5. The molecule has 0 saturated heterocycles. The molecule has 8 nitrogen and oxygen atoms in total. The minimum atomic E-state index is -0.892. The number of carbonyl (C=O) groups excluding carboxylic acids is 2. The molecule has 0 radical (unpaired) electrons. The zero-order valence-electron chi connectivity index (χ0n) is 29.9. The third-order valence-electron chi connectivity index (χ3n) is 7.23. The summed E-state index contributed by atoms with van der Waals surface area (Å²) < 4.78 is 17.0. The molecule has 0 spiro atoms. The number of aliphatic carboxylic acids is 1. The van der Waals surface area contributed by atoms with Gasteiger partial charge in [-0.25, -0.2) is 4.79 Å². The monoisotopic (exact) mass is 658 g/mol. The van der Waals surface area contributed by atoms with Gasteiger partial charge in [0.15, 0.2) is 12.1 Å². The number of carboxylic acid groups (broad SMARTS) is 1. The summed E-state index contributed by atoms with van der Waals surface area (Å²) in [6.07, 6.45) is 35.4. The zero-order chi connectivity index (χ0) is 35.0. The Balaban J connectivity index is 4.57. The molecule has 0 aliphatic carbocycles. The lowest BCUT2D eigenvalue weighted by Gasteiger charge is -2.31. The van der Waals surface area contributed by atoms with Crippen LogP contribution < -0.4 is 0 Å². The van der Waals surface area contributed by atoms with E-state index in [1.807, 2.05) is 75.8 Å². The third-order valence-corrected chi connectivity index (χ3v) is 7.23. The van der Waals surface area contributed by atoms with Gasteiger partial charge in [-0.05, 0) is 44.9 Å². The number of allylic oxidation sites excluding steroid dienone is 12. The number of esters is 2. The normalized spacial score (nSPS) is 14.0. The summed E-state index contributed by atoms with van der Waals surface area (Å²) in [5.74, 6) is -1.61. The first-order chi connectivity index (χ1) is 22.6. The molecule has 8 heteroatoms. The van der Waals surface area contributed by atoms with Crippen molar-refractivity contribution in [3.05, 3.63) is 72.9 Å². The summed E-state index contributed by atoms with van der Waals surface area (Å²) in [5.41, 5.74) is 0. The molecule has 266 valence electrons. The van der Waals surface area contributed by atoms with Gasteiger partial charge in [-0.15, -0.1) is 0 Å². The Morgan fingerprint density at radius 2 is 1.26 bits per heavy atom. The van der Waals surface area contributed by atoms with Gasteiger partial charge in [0.05, 0.1) is 34.4 Å². The van der Waals surface area contributed by atoms with E-state index < -0.39 is 18.1 Å². The third kappa shape index (κ3) is 28.7. The Bertz CT molecular complexity index is 1000. The number of unbranched alkanes of at least 4 members (excludes halogenated alkanes) is 7. The molecule has 0 fully saturated rings. The lowest BCUT2D eigenvalue weighted by atomic mass is 10.1. The first-order valence-electron chi connectivity index (χ1n) is 17.5. The van der Waals surface area contributed by atoms with Crippen LogP contribution in [0.15, 0.2) is 72.9 Å². The molecule has 0 heterocycles. The molecule has 0 aromatic heterocycles. The molecule has 0 rings (SSSR count). The predicted molar refractivity (Wildman–Crippen MR) is 192 cm³/mol. The van der Waals surface area contributed by atoms with Crippen molar-refractivity contribution in [1.29, 1.82) is 0 Å². The van der Waals surface area contributed by atoms with Crippen LogP contribution in [0, 0.1) is 0 Å². The number of rotatable bonds is 29. The van der Waals surface area contributed by atoms with E-state index in [0.717, 1.165) is 44.9 Å². The van der Waals surface area contributed by atoms with Crippen molar-refractivity contribution < 1.29 is 38.2 Å². The molecule has 0 bridgehead atoms. The van der Waals surface area contributed by atoms with E-state index in [0.29, 0.717) is 19.3 Å². The fourth-order valence-corrected chi connectivity index (χ4v) is 4.48. The molecule has 0 aliphatic rings. The van der Waals surface area contributed by atoms with Gasteiger partial charge >= 0.3 is 17.9 Å². The first-order valence-corrected chi connectivity index (χ1v) is 17.5. The van der Waals surface area contributed by atoms with Crippen molar-refractivity contribution in [2.75, 3.05) is 41.0 Å². The minimum Gasteiger partial charge on any atom is -0.477 e. The molecule has 0 saturated carbocycles. The predicted octanol–water partition coefficient (Wildman–Crippen LogP) is 8.46. The Labute approximate surface area is 285 Å². The molecule has 0 aromatic rings. The van der Waals surface area contributed by atoms with Crippen LogP contribution in [0.4, 0.5) is 0 Å². The largest absolute Gasteiger partial charge is 0.477 e. The number of nitrogens with zero attached hydrogens (tertiary/aromatic N) is 1. The summed E-state index contributed by atoms with van der Waals surface area (Å²) >= 11 is 0. The van der Waals surface area contributed by atoms with E-state index in [1.54, 1.807) is 0 Å². The van der Waals surface area contributed by atoms with Crippen LogP contribution in [0.1, 0.15) is 104 Å². The fraction of sp³-hybridized carbons (Fsp3) is 0.615. The second kappa shape index (κ2) is 30.1. The lowest BCUT2D eigenvalue weighted by Crippen LogP contribution is -2.50. The number of hydrogen-bond acceptors (Lipinski definition) is 6. The van der Waals surface area contributed by atoms with Crippen LogP contribution in [0.5, 0.6) is 0 Å². The van der Waals surface area contributed by atoms with Crippen LogP contribution in [-0.2, 0) is 28.6 Å². The summed E-state index contributed by atoms with van der Waals surface area (Å²) in [4.78, 5) is 36.5. The van der Waals surface area contributed by atoms with Crippen molar-refractivity contribution in [1.82, 2.24) is 0 Å². The topological polar surface area (TPSA) is 99.1 Å². The zero-order valence-corrected chi connectivity index (χ0v) is 29.9. The van der Waals surface area contributed by atoms with Gasteiger partial charge in [-0.3, -0.25) is 9.59 Å². The standard InChI is InChI=1S/C39H63NO7/c1-6-8-10-12-14-16-17-18-19-20-21-22-24-25-27-29-37(41)46-34-35(33-45-32-31-36(39(43)44)40(3,4)5)47-38(42)30-28-26-23-15-13-11-9-7-2/h8,10,12,14,16-21,23,26,35-36H,6-7,9,11,13,15,22,24-25,27-34H2,1-5H3/p+1/b10-8+,14-12+,17-16+,19-18+,21-20+,26-23+. The highest BCUT2D eigenvalue weighted by molar-refractivity contribution is 5.72. The Morgan fingerprint density at radius 1 is 0.660 bits per heavy atom. The summed E-state index contributed by atoms with van der Waals surface area (Å²) in [6, 6.07) is -0.627. The van der Waals surface area contributed by atoms with Gasteiger partial charge in [0, 0.05) is 19.3 Å². The Hall–Kier alpha value is -3.23. The molecular formula is C39H64NO7+. The molecule has 2 unspecified atom stereocenters. The van der Waals surface area contributed by atoms with Gasteiger partial charge in [0.25, 0.3) is 0 Å². The molecular weight excluding hydrogens is 594 g/mol. The molecule has 2 atom stereocenters. The van der Waals surface area contributed by atoms with E-state index in [1.165, 1.54) is 19.3 Å². The number of hydrogen-bond donors (Lipinski definition) is 1. The number of carboxylic acids is 1. The van der Waals surface area contributed by atoms with Crippen LogP contribution in [0.25, 0.3) is 0 Å². The highest BCUT2D eigenvalue weighted by Gasteiger charge is 2.31. The Kier molecular flexibility index (Phi) is 28.1. The first kappa shape index (κ1) is 43.8. The smallest absolute Gasteiger partial charge is 0.362 e. The minimum absolute atomic E-state index is 0.0271. The van der Waals surface area contributed by atoms with E-state index in [4.69, 9.17) is 14.2 Å². The average Bonchev–Trinajstić information content (AvgIpc) is 3.01. The van der Waals surface area contributed by atoms with Crippen molar-refractivity contribution in [3.63, 3.8) is 0 Å². The van der Waals surface area contributed by atoms with E-state index in [9.17, 15) is 19.5 Å². The number of carbonyl (C=O) groups is 3. The van der Waals surface area contributed by atoms with Gasteiger partial charge in [0.2, 0.25) is 0 Å². The fourth-order valence-electron chi connectivity index (χ4n) is 4.48. The van der Waals surface area contributed by atoms with Crippen LogP contribution in [0.3, 0.4) is 0 Å². The van der Waals surface area contributed by atoms with Gasteiger partial charge < -0.3 is 23.8 Å². The van der Waals surface area contributed by atoms with Gasteiger partial charge in [-0.1, -0.05) is 112 Å². The highest BCUT2D eigenvalue weighted by atomic mass is 16.6. The lowest BCUT2D eigenvalue weighted by molar-refractivity contribution is -0.887. The van der Waals surface area contributed by atoms with Crippen LogP contribution in [-0.4, -0.2) is 80.6 Å². The summed E-state index contributed by atoms with van der Waals surface area (Å²) in [7, 11) is 5.47.